The molecule has 0 heterocycles. The van der Waals surface area contributed by atoms with Crippen molar-refractivity contribution in [2.24, 2.45) is 5.16 Å². The summed E-state index contributed by atoms with van der Waals surface area (Å²) in [5, 5.41) is 11.6. The highest BCUT2D eigenvalue weighted by Crippen LogP contribution is 2.21. The second kappa shape index (κ2) is 6.75. The zero-order valence-electron chi connectivity index (χ0n) is 12.6. The van der Waals surface area contributed by atoms with Gasteiger partial charge in [0, 0.05) is 11.3 Å². The minimum absolute atomic E-state index is 0.00921. The maximum atomic E-state index is 12.0. The fraction of sp³-hybridized carbons (Fsp3) is 0.235. The molecule has 0 amide bonds. The van der Waals surface area contributed by atoms with Crippen LogP contribution in [0.3, 0.4) is 0 Å². The van der Waals surface area contributed by atoms with E-state index in [0.717, 1.165) is 11.1 Å². The highest BCUT2D eigenvalue weighted by molar-refractivity contribution is 7.92. The molecule has 0 saturated carbocycles. The van der Waals surface area contributed by atoms with E-state index >= 15 is 0 Å². The van der Waals surface area contributed by atoms with E-state index in [0.29, 0.717) is 5.56 Å². The van der Waals surface area contributed by atoms with Gasteiger partial charge in [-0.05, 0) is 18.1 Å². The lowest BCUT2D eigenvalue weighted by atomic mass is 10.0. The fourth-order valence-electron chi connectivity index (χ4n) is 2.26. The van der Waals surface area contributed by atoms with Gasteiger partial charge in [0.25, 0.3) is 0 Å². The third-order valence-corrected chi connectivity index (χ3v) is 5.83. The first-order chi connectivity index (χ1) is 10.5. The molecule has 1 N–H and O–H groups in total. The van der Waals surface area contributed by atoms with Gasteiger partial charge >= 0.3 is 0 Å². The van der Waals surface area contributed by atoms with E-state index in [1.54, 1.807) is 26.0 Å². The average Bonchev–Trinajstić information content (AvgIpc) is 2.57. The van der Waals surface area contributed by atoms with Crippen molar-refractivity contribution in [2.75, 3.05) is 5.75 Å². The molecule has 2 aromatic rings. The lowest BCUT2D eigenvalue weighted by Gasteiger charge is -2.14. The third-order valence-electron chi connectivity index (χ3n) is 3.72. The van der Waals surface area contributed by atoms with Gasteiger partial charge in [-0.2, -0.15) is 0 Å². The summed E-state index contributed by atoms with van der Waals surface area (Å²) < 4.78 is 23.9. The van der Waals surface area contributed by atoms with Gasteiger partial charge in [0.1, 0.15) is 11.0 Å². The molecule has 116 valence electrons. The van der Waals surface area contributed by atoms with Gasteiger partial charge in [0.05, 0.1) is 0 Å². The molecule has 0 aliphatic carbocycles. The molecule has 0 aromatic heterocycles. The van der Waals surface area contributed by atoms with Crippen molar-refractivity contribution in [3.8, 4) is 11.1 Å². The number of rotatable bonds is 5. The van der Waals surface area contributed by atoms with Crippen LogP contribution in [0.25, 0.3) is 11.1 Å². The topological polar surface area (TPSA) is 66.7 Å². The second-order valence-electron chi connectivity index (χ2n) is 5.02. The molecule has 2 aromatic carbocycles. The van der Waals surface area contributed by atoms with Gasteiger partial charge < -0.3 is 5.21 Å². The van der Waals surface area contributed by atoms with E-state index in [-0.39, 0.29) is 11.5 Å². The van der Waals surface area contributed by atoms with Crippen LogP contribution in [0.15, 0.2) is 59.8 Å². The number of sulfone groups is 1. The van der Waals surface area contributed by atoms with E-state index < -0.39 is 15.1 Å². The number of benzene rings is 2. The van der Waals surface area contributed by atoms with Crippen LogP contribution in [0.1, 0.15) is 19.4 Å². The van der Waals surface area contributed by atoms with Crippen LogP contribution in [0.2, 0.25) is 0 Å². The highest BCUT2D eigenvalue weighted by Gasteiger charge is 2.26. The van der Waals surface area contributed by atoms with E-state index in [9.17, 15) is 13.6 Å². The van der Waals surface area contributed by atoms with E-state index in [1.807, 2.05) is 42.5 Å². The molecule has 22 heavy (non-hydrogen) atoms. The van der Waals surface area contributed by atoms with Gasteiger partial charge in [-0.25, -0.2) is 8.42 Å². The first-order valence-electron chi connectivity index (χ1n) is 7.09. The Hall–Kier alpha value is -2.14. The Balaban J connectivity index is 2.33. The van der Waals surface area contributed by atoms with Gasteiger partial charge in [-0.1, -0.05) is 66.7 Å². The molecule has 1 atom stereocenters. The molecule has 5 heteroatoms. The average molecular weight is 317 g/mol. The van der Waals surface area contributed by atoms with E-state index in [1.165, 1.54) is 0 Å². The number of hydrogen-bond acceptors (Lipinski definition) is 4. The monoisotopic (exact) mass is 317 g/mol. The lowest BCUT2D eigenvalue weighted by Crippen LogP contribution is -2.29. The second-order valence-corrected chi connectivity index (χ2v) is 7.63. The lowest BCUT2D eigenvalue weighted by molar-refractivity contribution is 0.318. The van der Waals surface area contributed by atoms with Gasteiger partial charge in [-0.15, -0.1) is 0 Å². The SMILES string of the molecule is CCS(=O)(=O)[C@@H](C)/C(=N\O)c1ccc(-c2ccccc2)cc1. The standard InChI is InChI=1S/C17H19NO3S/c1-3-22(20,21)13(2)17(18-19)16-11-9-15(10-12-16)14-7-5-4-6-8-14/h4-13,19H,3H2,1-2H3/b18-17+/t13-/m0/s1. The minimum Gasteiger partial charge on any atom is -0.411 e. The van der Waals surface area contributed by atoms with Crippen molar-refractivity contribution >= 4 is 15.5 Å². The summed E-state index contributed by atoms with van der Waals surface area (Å²) in [5.41, 5.74) is 2.87. The molecule has 0 unspecified atom stereocenters. The first-order valence-corrected chi connectivity index (χ1v) is 8.80. The quantitative estimate of drug-likeness (QED) is 0.522. The Morgan fingerprint density at radius 1 is 1.05 bits per heavy atom. The number of hydrogen-bond donors (Lipinski definition) is 1. The van der Waals surface area contributed by atoms with Crippen LogP contribution >= 0.6 is 0 Å². The van der Waals surface area contributed by atoms with Gasteiger partial charge in [0.15, 0.2) is 9.84 Å². The molecule has 0 aliphatic rings. The zero-order valence-corrected chi connectivity index (χ0v) is 13.4. The molecule has 0 bridgehead atoms. The predicted molar refractivity (Wildman–Crippen MR) is 89.1 cm³/mol. The Morgan fingerprint density at radius 3 is 2.09 bits per heavy atom. The molecule has 2 rings (SSSR count). The Morgan fingerprint density at radius 2 is 1.59 bits per heavy atom. The van der Waals surface area contributed by atoms with Crippen LogP contribution in [-0.4, -0.2) is 30.3 Å². The van der Waals surface area contributed by atoms with E-state index in [4.69, 9.17) is 0 Å². The fourth-order valence-corrected chi connectivity index (χ4v) is 3.28. The number of nitrogens with zero attached hydrogens (tertiary/aromatic N) is 1. The van der Waals surface area contributed by atoms with Crippen molar-refractivity contribution in [1.29, 1.82) is 0 Å². The van der Waals surface area contributed by atoms with Crippen LogP contribution in [0.5, 0.6) is 0 Å². The van der Waals surface area contributed by atoms with Crippen molar-refractivity contribution in [1.82, 2.24) is 0 Å². The van der Waals surface area contributed by atoms with Crippen molar-refractivity contribution in [3.05, 3.63) is 60.2 Å². The van der Waals surface area contributed by atoms with E-state index in [2.05, 4.69) is 5.16 Å². The molecule has 0 fully saturated rings. The molecule has 0 saturated heterocycles. The molecular formula is C17H19NO3S. The Bertz CT molecular complexity index is 750. The molecule has 0 spiro atoms. The summed E-state index contributed by atoms with van der Waals surface area (Å²) in [5.74, 6) is 0.00921. The summed E-state index contributed by atoms with van der Waals surface area (Å²) in [4.78, 5) is 0. The largest absolute Gasteiger partial charge is 0.411 e. The van der Waals surface area contributed by atoms with Crippen LogP contribution in [0.4, 0.5) is 0 Å². The van der Waals surface area contributed by atoms with Crippen molar-refractivity contribution < 1.29 is 13.6 Å². The third kappa shape index (κ3) is 3.36. The Labute approximate surface area is 131 Å². The normalized spacial score (nSPS) is 13.8. The predicted octanol–water partition coefficient (Wildman–Crippen LogP) is 3.36. The van der Waals surface area contributed by atoms with Gasteiger partial charge in [-0.3, -0.25) is 0 Å². The zero-order chi connectivity index (χ0) is 16.2. The Kier molecular flexibility index (Phi) is 4.98. The first kappa shape index (κ1) is 16.2. The van der Waals surface area contributed by atoms with Crippen LogP contribution < -0.4 is 0 Å². The maximum absolute atomic E-state index is 12.0. The molecule has 4 nitrogen and oxygen atoms in total. The van der Waals surface area contributed by atoms with Crippen molar-refractivity contribution in [3.63, 3.8) is 0 Å². The van der Waals surface area contributed by atoms with Gasteiger partial charge in [0.2, 0.25) is 0 Å². The summed E-state index contributed by atoms with van der Waals surface area (Å²) in [6, 6.07) is 17.2. The number of oxime groups is 1. The minimum atomic E-state index is -3.31. The smallest absolute Gasteiger partial charge is 0.158 e. The van der Waals surface area contributed by atoms with Crippen LogP contribution in [0, 0.1) is 0 Å². The summed E-state index contributed by atoms with van der Waals surface area (Å²) in [7, 11) is -3.31. The molecular weight excluding hydrogens is 298 g/mol. The summed E-state index contributed by atoms with van der Waals surface area (Å²) in [6.45, 7) is 3.12. The van der Waals surface area contributed by atoms with Crippen molar-refractivity contribution in [2.45, 2.75) is 19.1 Å². The summed E-state index contributed by atoms with van der Waals surface area (Å²) >= 11 is 0. The van der Waals surface area contributed by atoms with Crippen LogP contribution in [-0.2, 0) is 9.84 Å². The molecule has 0 radical (unpaired) electrons. The maximum Gasteiger partial charge on any atom is 0.158 e. The molecule has 0 aliphatic heterocycles. The summed E-state index contributed by atoms with van der Waals surface area (Å²) in [6.07, 6.45) is 0. The highest BCUT2D eigenvalue weighted by atomic mass is 32.2.